The van der Waals surface area contributed by atoms with Gasteiger partial charge >= 0.3 is 0 Å². The van der Waals surface area contributed by atoms with Crippen molar-refractivity contribution in [1.82, 2.24) is 0 Å². The van der Waals surface area contributed by atoms with Crippen LogP contribution in [-0.4, -0.2) is 17.9 Å². The highest BCUT2D eigenvalue weighted by Gasteiger charge is 2.51. The molecular weight excluding hydrogens is 522 g/mol. The topological polar surface area (TPSA) is 48.6 Å². The molecule has 202 valence electrons. The molecule has 0 saturated carbocycles. The molecule has 0 bridgehead atoms. The van der Waals surface area contributed by atoms with Gasteiger partial charge in [0.25, 0.3) is 0 Å². The Morgan fingerprint density at radius 2 is 0.977 bits per heavy atom. The fourth-order valence-corrected chi connectivity index (χ4v) is 6.84. The van der Waals surface area contributed by atoms with Gasteiger partial charge in [0.15, 0.2) is 11.7 Å². The van der Waals surface area contributed by atoms with Crippen molar-refractivity contribution in [2.45, 2.75) is 5.41 Å². The fourth-order valence-electron chi connectivity index (χ4n) is 6.84. The van der Waals surface area contributed by atoms with E-state index in [2.05, 4.69) is 91.0 Å². The molecule has 3 nitrogen and oxygen atoms in total. The van der Waals surface area contributed by atoms with E-state index in [1.165, 1.54) is 44.5 Å². The molecule has 3 heteroatoms. The number of nitrogens with one attached hydrogen (secondary N) is 1. The maximum Gasteiger partial charge on any atom is 0.161 e. The summed E-state index contributed by atoms with van der Waals surface area (Å²) < 4.78 is 0. The van der Waals surface area contributed by atoms with E-state index < -0.39 is 5.41 Å². The van der Waals surface area contributed by atoms with Gasteiger partial charge in [0.1, 0.15) is 0 Å². The smallest absolute Gasteiger partial charge is 0.161 e. The number of benzene rings is 6. The van der Waals surface area contributed by atoms with Crippen LogP contribution in [0.5, 0.6) is 0 Å². The summed E-state index contributed by atoms with van der Waals surface area (Å²) in [7, 11) is 0. The van der Waals surface area contributed by atoms with Crippen LogP contribution in [0, 0.1) is 5.41 Å². The highest BCUT2D eigenvalue weighted by atomic mass is 14.9. The monoisotopic (exact) mass is 549 g/mol. The number of rotatable bonds is 3. The highest BCUT2D eigenvalue weighted by Crippen LogP contribution is 2.62. The van der Waals surface area contributed by atoms with Crippen molar-refractivity contribution >= 4 is 17.9 Å². The van der Waals surface area contributed by atoms with Crippen molar-refractivity contribution in [1.29, 1.82) is 5.41 Å². The number of nitrogens with zero attached hydrogens (tertiary/aromatic N) is 2. The van der Waals surface area contributed by atoms with Crippen molar-refractivity contribution in [2.75, 3.05) is 0 Å². The van der Waals surface area contributed by atoms with E-state index >= 15 is 0 Å². The van der Waals surface area contributed by atoms with Gasteiger partial charge in [-0.15, -0.1) is 0 Å². The summed E-state index contributed by atoms with van der Waals surface area (Å²) >= 11 is 0. The van der Waals surface area contributed by atoms with Crippen molar-refractivity contribution in [3.63, 3.8) is 0 Å². The zero-order valence-electron chi connectivity index (χ0n) is 23.4. The molecule has 0 amide bonds. The molecule has 0 radical (unpaired) electrons. The SMILES string of the molecule is N=C(N=C(N=Cc1ccccc1)c1ccc2c(c1)C1(c3ccccc3-c3ccccc31)c1ccccc1-2)c1ccccc1. The number of aliphatic imine (C=N–C) groups is 2. The second-order valence-electron chi connectivity index (χ2n) is 11.0. The van der Waals surface area contributed by atoms with Crippen LogP contribution in [0.4, 0.5) is 0 Å². The molecule has 1 N–H and O–H groups in total. The maximum absolute atomic E-state index is 8.84. The second-order valence-corrected chi connectivity index (χ2v) is 11.0. The van der Waals surface area contributed by atoms with Crippen molar-refractivity contribution in [2.24, 2.45) is 9.98 Å². The fraction of sp³-hybridized carbons (Fsp3) is 0.0250. The molecule has 0 saturated heterocycles. The largest absolute Gasteiger partial charge is 0.282 e. The van der Waals surface area contributed by atoms with Gasteiger partial charge in [-0.2, -0.15) is 0 Å². The standard InChI is InChI=1S/C40H27N3/c41-38(28-15-5-2-6-16-28)43-39(42-26-27-13-3-1-4-14-27)29-23-24-33-32-19-9-12-22-36(32)40(37(33)25-29)34-20-10-7-17-30(34)31-18-8-11-21-35(31)40/h1-26,41H. The van der Waals surface area contributed by atoms with Crippen molar-refractivity contribution in [3.8, 4) is 22.3 Å². The van der Waals surface area contributed by atoms with Gasteiger partial charge < -0.3 is 0 Å². The Hall–Kier alpha value is -5.67. The molecule has 0 heterocycles. The van der Waals surface area contributed by atoms with Crippen LogP contribution >= 0.6 is 0 Å². The summed E-state index contributed by atoms with van der Waals surface area (Å²) in [6.45, 7) is 0. The lowest BCUT2D eigenvalue weighted by molar-refractivity contribution is 0.793. The summed E-state index contributed by atoms with van der Waals surface area (Å²) in [4.78, 5) is 9.70. The van der Waals surface area contributed by atoms with E-state index in [1.54, 1.807) is 0 Å². The Bertz CT molecular complexity index is 2020. The molecule has 8 rings (SSSR count). The Morgan fingerprint density at radius 3 is 1.56 bits per heavy atom. The molecule has 0 unspecified atom stereocenters. The first-order chi connectivity index (χ1) is 21.2. The third-order valence-corrected chi connectivity index (χ3v) is 8.66. The normalized spacial score (nSPS) is 13.9. The minimum absolute atomic E-state index is 0.177. The van der Waals surface area contributed by atoms with Crippen LogP contribution in [0.1, 0.15) is 38.9 Å². The molecule has 43 heavy (non-hydrogen) atoms. The van der Waals surface area contributed by atoms with Gasteiger partial charge in [-0.25, -0.2) is 9.98 Å². The van der Waals surface area contributed by atoms with Gasteiger partial charge in [-0.05, 0) is 56.1 Å². The molecular formula is C40H27N3. The average molecular weight is 550 g/mol. The van der Waals surface area contributed by atoms with Crippen molar-refractivity contribution in [3.05, 3.63) is 191 Å². The number of amidine groups is 2. The zero-order chi connectivity index (χ0) is 28.8. The molecule has 2 aliphatic carbocycles. The number of hydrogen-bond donors (Lipinski definition) is 1. The molecule has 6 aromatic carbocycles. The lowest BCUT2D eigenvalue weighted by Gasteiger charge is -2.30. The van der Waals surface area contributed by atoms with Gasteiger partial charge in [-0.3, -0.25) is 5.41 Å². The predicted octanol–water partition coefficient (Wildman–Crippen LogP) is 8.92. The van der Waals surface area contributed by atoms with E-state index in [4.69, 9.17) is 15.4 Å². The van der Waals surface area contributed by atoms with E-state index in [0.717, 1.165) is 16.7 Å². The Morgan fingerprint density at radius 1 is 0.488 bits per heavy atom. The Kier molecular flexibility index (Phi) is 5.83. The molecule has 0 aromatic heterocycles. The predicted molar refractivity (Wildman–Crippen MR) is 177 cm³/mol. The maximum atomic E-state index is 8.84. The minimum atomic E-state index is -0.448. The minimum Gasteiger partial charge on any atom is -0.282 e. The first-order valence-electron chi connectivity index (χ1n) is 14.5. The molecule has 6 aromatic rings. The van der Waals surface area contributed by atoms with Crippen LogP contribution < -0.4 is 0 Å². The first-order valence-corrected chi connectivity index (χ1v) is 14.5. The molecule has 0 atom stereocenters. The second kappa shape index (κ2) is 10.0. The Balaban J connectivity index is 1.37. The summed E-state index contributed by atoms with van der Waals surface area (Å²) in [5, 5.41) is 8.84. The number of hydrogen-bond acceptors (Lipinski definition) is 1. The van der Waals surface area contributed by atoms with E-state index in [-0.39, 0.29) is 5.84 Å². The lowest BCUT2D eigenvalue weighted by atomic mass is 9.70. The third kappa shape index (κ3) is 3.86. The lowest BCUT2D eigenvalue weighted by Crippen LogP contribution is -2.26. The summed E-state index contributed by atoms with van der Waals surface area (Å²) in [5.74, 6) is 0.682. The highest BCUT2D eigenvalue weighted by molar-refractivity contribution is 6.14. The van der Waals surface area contributed by atoms with E-state index in [9.17, 15) is 0 Å². The van der Waals surface area contributed by atoms with Gasteiger partial charge in [0.2, 0.25) is 0 Å². The average Bonchev–Trinajstić information content (AvgIpc) is 3.54. The van der Waals surface area contributed by atoms with Crippen molar-refractivity contribution < 1.29 is 0 Å². The summed E-state index contributed by atoms with van der Waals surface area (Å²) in [5.41, 5.74) is 12.3. The van der Waals surface area contributed by atoms with Crippen LogP contribution in [0.2, 0.25) is 0 Å². The van der Waals surface area contributed by atoms with Crippen LogP contribution in [0.15, 0.2) is 162 Å². The Labute approximate surface area is 251 Å². The van der Waals surface area contributed by atoms with E-state index in [1.807, 2.05) is 66.9 Å². The van der Waals surface area contributed by atoms with Crippen LogP contribution in [0.25, 0.3) is 22.3 Å². The van der Waals surface area contributed by atoms with Gasteiger partial charge in [-0.1, -0.05) is 146 Å². The summed E-state index contributed by atoms with van der Waals surface area (Å²) in [6.07, 6.45) is 1.83. The van der Waals surface area contributed by atoms with Crippen LogP contribution in [0.3, 0.4) is 0 Å². The molecule has 1 spiro atoms. The molecule has 0 aliphatic heterocycles. The molecule has 2 aliphatic rings. The quantitative estimate of drug-likeness (QED) is 0.169. The van der Waals surface area contributed by atoms with Crippen LogP contribution in [-0.2, 0) is 5.41 Å². The summed E-state index contributed by atoms with van der Waals surface area (Å²) in [6, 6.07) is 52.6. The number of fused-ring (bicyclic) bond motifs is 10. The van der Waals surface area contributed by atoms with Gasteiger partial charge in [0, 0.05) is 17.3 Å². The zero-order valence-corrected chi connectivity index (χ0v) is 23.4. The third-order valence-electron chi connectivity index (χ3n) is 8.66. The van der Waals surface area contributed by atoms with Gasteiger partial charge in [0.05, 0.1) is 5.41 Å². The molecule has 0 fully saturated rings. The van der Waals surface area contributed by atoms with E-state index in [0.29, 0.717) is 5.84 Å². The first kappa shape index (κ1) is 25.1.